The highest BCUT2D eigenvalue weighted by Crippen LogP contribution is 2.46. The lowest BCUT2D eigenvalue weighted by Gasteiger charge is -2.37. The van der Waals surface area contributed by atoms with Crippen molar-refractivity contribution in [1.82, 2.24) is 4.57 Å². The largest absolute Gasteiger partial charge is 0.497 e. The van der Waals surface area contributed by atoms with Gasteiger partial charge in [-0.2, -0.15) is 0 Å². The minimum atomic E-state index is -0.597. The van der Waals surface area contributed by atoms with Gasteiger partial charge < -0.3 is 18.5 Å². The van der Waals surface area contributed by atoms with E-state index >= 15 is 0 Å². The molecule has 2 aromatic heterocycles. The van der Waals surface area contributed by atoms with Gasteiger partial charge in [-0.1, -0.05) is 20.8 Å². The lowest BCUT2D eigenvalue weighted by atomic mass is 9.80. The molecule has 0 radical (unpaired) electrons. The Morgan fingerprint density at radius 1 is 1.28 bits per heavy atom. The van der Waals surface area contributed by atoms with Crippen LogP contribution in [0.1, 0.15) is 49.7 Å². The predicted molar refractivity (Wildman–Crippen MR) is 111 cm³/mol. The number of benzene rings is 1. The van der Waals surface area contributed by atoms with Gasteiger partial charge in [-0.15, -0.1) is 0 Å². The Balaban J connectivity index is 1.98. The van der Waals surface area contributed by atoms with Gasteiger partial charge in [0.15, 0.2) is 11.2 Å². The summed E-state index contributed by atoms with van der Waals surface area (Å²) >= 11 is 0. The van der Waals surface area contributed by atoms with E-state index < -0.39 is 5.97 Å². The summed E-state index contributed by atoms with van der Waals surface area (Å²) in [7, 11) is 1.62. The number of carbonyl (C=O) groups is 1. The maximum absolute atomic E-state index is 12.7. The number of carbonyl (C=O) groups excluding carboxylic acids is 1. The van der Waals surface area contributed by atoms with E-state index in [9.17, 15) is 9.59 Å². The first-order valence-corrected chi connectivity index (χ1v) is 9.77. The lowest BCUT2D eigenvalue weighted by molar-refractivity contribution is 0.0523. The van der Waals surface area contributed by atoms with Gasteiger partial charge in [0.1, 0.15) is 16.9 Å². The van der Waals surface area contributed by atoms with Crippen LogP contribution in [0.4, 0.5) is 0 Å². The van der Waals surface area contributed by atoms with E-state index in [0.717, 1.165) is 23.0 Å². The summed E-state index contributed by atoms with van der Waals surface area (Å²) < 4.78 is 18.6. The number of esters is 1. The molecule has 29 heavy (non-hydrogen) atoms. The molecule has 3 aromatic rings. The highest BCUT2D eigenvalue weighted by molar-refractivity contribution is 5.91. The zero-order valence-electron chi connectivity index (χ0n) is 17.4. The highest BCUT2D eigenvalue weighted by atomic mass is 16.5. The molecule has 0 saturated carbocycles. The van der Waals surface area contributed by atoms with Crippen molar-refractivity contribution in [3.8, 4) is 17.2 Å². The van der Waals surface area contributed by atoms with Crippen molar-refractivity contribution >= 4 is 16.9 Å². The number of rotatable bonds is 3. The Morgan fingerprint density at radius 3 is 2.69 bits per heavy atom. The molecule has 1 aliphatic rings. The van der Waals surface area contributed by atoms with Crippen molar-refractivity contribution in [2.45, 2.75) is 40.2 Å². The summed E-state index contributed by atoms with van der Waals surface area (Å²) in [5.74, 6) is 0.785. The number of hydrogen-bond acceptors (Lipinski definition) is 5. The van der Waals surface area contributed by atoms with Crippen molar-refractivity contribution in [2.75, 3.05) is 13.7 Å². The van der Waals surface area contributed by atoms with E-state index in [-0.39, 0.29) is 29.1 Å². The number of hydrogen-bond donors (Lipinski definition) is 0. The van der Waals surface area contributed by atoms with E-state index in [2.05, 4.69) is 20.8 Å². The second-order valence-electron chi connectivity index (χ2n) is 8.42. The van der Waals surface area contributed by atoms with Gasteiger partial charge in [0.25, 0.3) is 0 Å². The van der Waals surface area contributed by atoms with Gasteiger partial charge >= 0.3 is 5.97 Å². The van der Waals surface area contributed by atoms with E-state index in [4.69, 9.17) is 13.9 Å². The number of pyridine rings is 1. The molecule has 1 aliphatic heterocycles. The summed E-state index contributed by atoms with van der Waals surface area (Å²) in [6.07, 6.45) is 2.36. The minimum absolute atomic E-state index is 0.0432. The molecule has 0 aliphatic carbocycles. The quantitative estimate of drug-likeness (QED) is 0.607. The van der Waals surface area contributed by atoms with Crippen molar-refractivity contribution in [1.29, 1.82) is 0 Å². The fraction of sp³-hybridized carbons (Fsp3) is 0.391. The van der Waals surface area contributed by atoms with Crippen LogP contribution in [0.5, 0.6) is 5.75 Å². The third kappa shape index (κ3) is 3.12. The average Bonchev–Trinajstić information content (AvgIpc) is 3.04. The van der Waals surface area contributed by atoms with Crippen molar-refractivity contribution in [3.05, 3.63) is 51.8 Å². The smallest absolute Gasteiger partial charge is 0.343 e. The zero-order valence-corrected chi connectivity index (χ0v) is 17.4. The standard InChI is InChI=1S/C23H25NO5/c1-6-28-22(26)16-12-24-17(11-18(16)25)21-15(10-20(24)23(2,3)4)14-8-7-13(27-5)9-19(14)29-21/h7-9,11-12,20H,6,10H2,1-5H3/t20-/m0/s1. The van der Waals surface area contributed by atoms with Crippen LogP contribution in [0.3, 0.4) is 0 Å². The Bertz CT molecular complexity index is 1160. The molecule has 6 heteroatoms. The molecule has 0 N–H and O–H groups in total. The molecular weight excluding hydrogens is 370 g/mol. The molecule has 6 nitrogen and oxygen atoms in total. The SMILES string of the molecule is CCOC(=O)c1cn2c(cc1=O)-c1oc3cc(OC)ccc3c1C[C@H]2C(C)(C)C. The first kappa shape index (κ1) is 19.3. The topological polar surface area (TPSA) is 70.7 Å². The summed E-state index contributed by atoms with van der Waals surface area (Å²) in [5, 5.41) is 1.02. The molecule has 0 fully saturated rings. The maximum atomic E-state index is 12.7. The Kier molecular flexibility index (Phi) is 4.52. The Hall–Kier alpha value is -3.02. The molecule has 0 spiro atoms. The van der Waals surface area contributed by atoms with Gasteiger partial charge in [0.2, 0.25) is 0 Å². The van der Waals surface area contributed by atoms with Crippen LogP contribution in [-0.2, 0) is 11.2 Å². The van der Waals surface area contributed by atoms with Gasteiger partial charge in [-0.05, 0) is 30.9 Å². The zero-order chi connectivity index (χ0) is 20.9. The molecular formula is C23H25NO5. The molecule has 152 valence electrons. The molecule has 0 saturated heterocycles. The molecule has 0 unspecified atom stereocenters. The molecule has 1 aromatic carbocycles. The third-order valence-electron chi connectivity index (χ3n) is 5.54. The summed E-state index contributed by atoms with van der Waals surface area (Å²) in [4.78, 5) is 25.0. The van der Waals surface area contributed by atoms with Crippen molar-refractivity contribution < 1.29 is 18.7 Å². The molecule has 4 rings (SSSR count). The number of methoxy groups -OCH3 is 1. The normalized spacial score (nSPS) is 15.7. The van der Waals surface area contributed by atoms with Crippen LogP contribution in [0.15, 0.2) is 39.7 Å². The van der Waals surface area contributed by atoms with Gasteiger partial charge in [-0.3, -0.25) is 4.79 Å². The van der Waals surface area contributed by atoms with Gasteiger partial charge in [-0.25, -0.2) is 4.79 Å². The molecule has 0 amide bonds. The number of fused-ring (bicyclic) bond motifs is 5. The fourth-order valence-electron chi connectivity index (χ4n) is 4.03. The van der Waals surface area contributed by atoms with Crippen LogP contribution in [0, 0.1) is 5.41 Å². The average molecular weight is 395 g/mol. The number of nitrogens with zero attached hydrogens (tertiary/aromatic N) is 1. The van der Waals surface area contributed by atoms with Crippen LogP contribution in [0.2, 0.25) is 0 Å². The van der Waals surface area contributed by atoms with Crippen molar-refractivity contribution in [3.63, 3.8) is 0 Å². The third-order valence-corrected chi connectivity index (χ3v) is 5.54. The van der Waals surface area contributed by atoms with E-state index in [1.165, 1.54) is 6.07 Å². The van der Waals surface area contributed by atoms with Crippen LogP contribution in [-0.4, -0.2) is 24.3 Å². The van der Waals surface area contributed by atoms with Gasteiger partial charge in [0, 0.05) is 35.3 Å². The number of ether oxygens (including phenoxy) is 2. The first-order valence-electron chi connectivity index (χ1n) is 9.77. The Labute approximate surface area is 169 Å². The van der Waals surface area contributed by atoms with E-state index in [1.54, 1.807) is 20.2 Å². The first-order chi connectivity index (χ1) is 13.7. The van der Waals surface area contributed by atoms with Crippen LogP contribution < -0.4 is 10.2 Å². The predicted octanol–water partition coefficient (Wildman–Crippen LogP) is 4.59. The van der Waals surface area contributed by atoms with E-state index in [0.29, 0.717) is 17.2 Å². The molecule has 1 atom stereocenters. The van der Waals surface area contributed by atoms with Crippen LogP contribution in [0.25, 0.3) is 22.4 Å². The van der Waals surface area contributed by atoms with E-state index in [1.807, 2.05) is 22.8 Å². The second-order valence-corrected chi connectivity index (χ2v) is 8.42. The highest BCUT2D eigenvalue weighted by Gasteiger charge is 2.36. The van der Waals surface area contributed by atoms with Crippen LogP contribution >= 0.6 is 0 Å². The molecule has 0 bridgehead atoms. The summed E-state index contributed by atoms with van der Waals surface area (Å²) in [5.41, 5.74) is 2.05. The maximum Gasteiger partial charge on any atom is 0.343 e. The summed E-state index contributed by atoms with van der Waals surface area (Å²) in [6, 6.07) is 7.30. The monoisotopic (exact) mass is 395 g/mol. The lowest BCUT2D eigenvalue weighted by Crippen LogP contribution is -2.32. The molecule has 3 heterocycles. The van der Waals surface area contributed by atoms with Gasteiger partial charge in [0.05, 0.1) is 19.4 Å². The number of aromatic nitrogens is 1. The Morgan fingerprint density at radius 2 is 2.03 bits per heavy atom. The minimum Gasteiger partial charge on any atom is -0.497 e. The fourth-order valence-corrected chi connectivity index (χ4v) is 4.03. The summed E-state index contributed by atoms with van der Waals surface area (Å²) in [6.45, 7) is 8.40. The number of furan rings is 1. The second kappa shape index (κ2) is 6.79. The van der Waals surface area contributed by atoms with Crippen molar-refractivity contribution in [2.24, 2.45) is 5.41 Å².